The summed E-state index contributed by atoms with van der Waals surface area (Å²) in [6, 6.07) is 10.0. The fourth-order valence-corrected chi connectivity index (χ4v) is 2.77. The average Bonchev–Trinajstić information content (AvgIpc) is 2.78. The first-order valence-electron chi connectivity index (χ1n) is 5.92. The van der Waals surface area contributed by atoms with E-state index in [2.05, 4.69) is 28.4 Å². The van der Waals surface area contributed by atoms with Gasteiger partial charge in [-0.05, 0) is 36.3 Å². The van der Waals surface area contributed by atoms with Gasteiger partial charge in [-0.25, -0.2) is 4.31 Å². The lowest BCUT2D eigenvalue weighted by molar-refractivity contribution is 0.521. The molecule has 1 heterocycles. The number of aromatic amines is 1. The Labute approximate surface area is 116 Å². The maximum Gasteiger partial charge on any atom is 0.209 e. The van der Waals surface area contributed by atoms with Gasteiger partial charge in [-0.3, -0.25) is 9.67 Å². The summed E-state index contributed by atoms with van der Waals surface area (Å²) < 4.78 is 4.80. The molecule has 0 radical (unpaired) electrons. The normalized spacial score (nSPS) is 11.1. The molecule has 0 amide bonds. The molecule has 18 heavy (non-hydrogen) atoms. The quantitative estimate of drug-likeness (QED) is 0.673. The molecule has 0 fully saturated rings. The lowest BCUT2D eigenvalue weighted by Gasteiger charge is -2.16. The lowest BCUT2D eigenvalue weighted by Crippen LogP contribution is -2.15. The minimum Gasteiger partial charge on any atom is -0.262 e. The van der Waals surface area contributed by atoms with Crippen molar-refractivity contribution >= 4 is 24.2 Å². The standard InChI is InChI=1S/C12H16N4S2/c1-3-15(4-2)18-12-14-13-11(17)16(12)10-8-6-5-7-9-10/h5-9H,3-4H2,1-2H3,(H,13,17). The number of para-hydroxylation sites is 1. The SMILES string of the molecule is CCN(CC)Sc1n[nH]c(=S)n1-c1ccccc1. The molecule has 2 aromatic rings. The molecule has 6 heteroatoms. The molecule has 0 atom stereocenters. The number of H-pyrrole nitrogens is 1. The van der Waals surface area contributed by atoms with Crippen LogP contribution in [0.2, 0.25) is 0 Å². The van der Waals surface area contributed by atoms with Crippen LogP contribution in [0.4, 0.5) is 0 Å². The topological polar surface area (TPSA) is 36.9 Å². The predicted molar refractivity (Wildman–Crippen MR) is 77.5 cm³/mol. The predicted octanol–water partition coefficient (Wildman–Crippen LogP) is 3.28. The van der Waals surface area contributed by atoms with Crippen molar-refractivity contribution in [1.29, 1.82) is 0 Å². The molecule has 0 saturated heterocycles. The van der Waals surface area contributed by atoms with Gasteiger partial charge < -0.3 is 0 Å². The molecular weight excluding hydrogens is 264 g/mol. The van der Waals surface area contributed by atoms with Gasteiger partial charge in [0.15, 0.2) is 0 Å². The number of hydrogen-bond acceptors (Lipinski definition) is 4. The molecule has 96 valence electrons. The van der Waals surface area contributed by atoms with Crippen molar-refractivity contribution in [3.8, 4) is 5.69 Å². The molecule has 1 N–H and O–H groups in total. The van der Waals surface area contributed by atoms with E-state index in [9.17, 15) is 0 Å². The fraction of sp³-hybridized carbons (Fsp3) is 0.333. The highest BCUT2D eigenvalue weighted by atomic mass is 32.2. The first kappa shape index (κ1) is 13.3. The van der Waals surface area contributed by atoms with Crippen LogP contribution in [0.3, 0.4) is 0 Å². The Kier molecular flexibility index (Phi) is 4.57. The molecule has 4 nitrogen and oxygen atoms in total. The number of rotatable bonds is 5. The van der Waals surface area contributed by atoms with E-state index in [1.807, 2.05) is 34.9 Å². The monoisotopic (exact) mass is 280 g/mol. The molecule has 1 aromatic carbocycles. The van der Waals surface area contributed by atoms with Crippen LogP contribution in [0.5, 0.6) is 0 Å². The van der Waals surface area contributed by atoms with Crippen molar-refractivity contribution in [3.05, 3.63) is 35.1 Å². The van der Waals surface area contributed by atoms with E-state index in [0.717, 1.165) is 23.9 Å². The van der Waals surface area contributed by atoms with Gasteiger partial charge in [-0.15, -0.1) is 5.10 Å². The summed E-state index contributed by atoms with van der Waals surface area (Å²) in [5.74, 6) is 0. The fourth-order valence-electron chi connectivity index (χ4n) is 1.62. The summed E-state index contributed by atoms with van der Waals surface area (Å²) in [6.07, 6.45) is 0. The van der Waals surface area contributed by atoms with E-state index in [0.29, 0.717) is 4.77 Å². The maximum absolute atomic E-state index is 5.29. The van der Waals surface area contributed by atoms with Crippen LogP contribution in [-0.4, -0.2) is 32.2 Å². The Morgan fingerprint density at radius 1 is 1.28 bits per heavy atom. The van der Waals surface area contributed by atoms with Crippen molar-refractivity contribution < 1.29 is 0 Å². The van der Waals surface area contributed by atoms with Gasteiger partial charge in [-0.1, -0.05) is 32.0 Å². The molecular formula is C12H16N4S2. The molecule has 0 bridgehead atoms. The second-order valence-electron chi connectivity index (χ2n) is 3.69. The summed E-state index contributed by atoms with van der Waals surface area (Å²) in [6.45, 7) is 6.19. The van der Waals surface area contributed by atoms with E-state index in [4.69, 9.17) is 12.2 Å². The summed E-state index contributed by atoms with van der Waals surface area (Å²) >= 11 is 6.91. The van der Waals surface area contributed by atoms with Crippen molar-refractivity contribution in [2.75, 3.05) is 13.1 Å². The van der Waals surface area contributed by atoms with Crippen LogP contribution in [0.25, 0.3) is 5.69 Å². The summed E-state index contributed by atoms with van der Waals surface area (Å²) in [5, 5.41) is 8.02. The number of benzene rings is 1. The summed E-state index contributed by atoms with van der Waals surface area (Å²) in [4.78, 5) is 0. The third-order valence-corrected chi connectivity index (χ3v) is 4.06. The molecule has 2 rings (SSSR count). The van der Waals surface area contributed by atoms with Gasteiger partial charge >= 0.3 is 0 Å². The van der Waals surface area contributed by atoms with Crippen LogP contribution in [0, 0.1) is 4.77 Å². The molecule has 1 aromatic heterocycles. The van der Waals surface area contributed by atoms with Gasteiger partial charge in [0.1, 0.15) is 0 Å². The highest BCUT2D eigenvalue weighted by Crippen LogP contribution is 2.23. The Hall–Kier alpha value is -1.11. The van der Waals surface area contributed by atoms with Crippen LogP contribution < -0.4 is 0 Å². The summed E-state index contributed by atoms with van der Waals surface area (Å²) in [5.41, 5.74) is 1.03. The number of nitrogens with one attached hydrogen (secondary N) is 1. The zero-order chi connectivity index (χ0) is 13.0. The average molecular weight is 280 g/mol. The lowest BCUT2D eigenvalue weighted by atomic mass is 10.3. The van der Waals surface area contributed by atoms with Crippen LogP contribution >= 0.6 is 24.2 Å². The zero-order valence-corrected chi connectivity index (χ0v) is 12.1. The number of nitrogens with zero attached hydrogens (tertiary/aromatic N) is 3. The van der Waals surface area contributed by atoms with E-state index >= 15 is 0 Å². The van der Waals surface area contributed by atoms with Crippen molar-refractivity contribution in [2.24, 2.45) is 0 Å². The Bertz CT molecular complexity index is 543. The van der Waals surface area contributed by atoms with E-state index in [1.54, 1.807) is 11.9 Å². The smallest absolute Gasteiger partial charge is 0.209 e. The highest BCUT2D eigenvalue weighted by molar-refractivity contribution is 7.96. The largest absolute Gasteiger partial charge is 0.262 e. The Balaban J connectivity index is 2.36. The first-order valence-corrected chi connectivity index (χ1v) is 7.10. The van der Waals surface area contributed by atoms with E-state index < -0.39 is 0 Å². The van der Waals surface area contributed by atoms with Gasteiger partial charge in [0.05, 0.1) is 5.69 Å². The minimum absolute atomic E-state index is 0.621. The second-order valence-corrected chi connectivity index (χ2v) is 5.14. The zero-order valence-electron chi connectivity index (χ0n) is 10.5. The van der Waals surface area contributed by atoms with E-state index in [-0.39, 0.29) is 0 Å². The number of aromatic nitrogens is 3. The minimum atomic E-state index is 0.621. The molecule has 0 unspecified atom stereocenters. The van der Waals surface area contributed by atoms with Crippen molar-refractivity contribution in [3.63, 3.8) is 0 Å². The molecule has 0 saturated carbocycles. The van der Waals surface area contributed by atoms with Crippen LogP contribution in [-0.2, 0) is 0 Å². The van der Waals surface area contributed by atoms with E-state index in [1.165, 1.54) is 0 Å². The van der Waals surface area contributed by atoms with Crippen LogP contribution in [0.1, 0.15) is 13.8 Å². The van der Waals surface area contributed by atoms with Gasteiger partial charge in [0, 0.05) is 13.1 Å². The summed E-state index contributed by atoms with van der Waals surface area (Å²) in [7, 11) is 0. The second kappa shape index (κ2) is 6.17. The Morgan fingerprint density at radius 2 is 1.94 bits per heavy atom. The third-order valence-electron chi connectivity index (χ3n) is 2.57. The van der Waals surface area contributed by atoms with Gasteiger partial charge in [-0.2, -0.15) is 0 Å². The van der Waals surface area contributed by atoms with Gasteiger partial charge in [0.25, 0.3) is 0 Å². The van der Waals surface area contributed by atoms with Crippen molar-refractivity contribution in [2.45, 2.75) is 19.0 Å². The Morgan fingerprint density at radius 3 is 2.56 bits per heavy atom. The molecule has 0 aliphatic rings. The van der Waals surface area contributed by atoms with Crippen LogP contribution in [0.15, 0.2) is 35.5 Å². The third kappa shape index (κ3) is 2.82. The van der Waals surface area contributed by atoms with Gasteiger partial charge in [0.2, 0.25) is 9.93 Å². The highest BCUT2D eigenvalue weighted by Gasteiger charge is 2.11. The molecule has 0 aliphatic heterocycles. The molecule has 0 spiro atoms. The maximum atomic E-state index is 5.29. The first-order chi connectivity index (χ1) is 8.76. The van der Waals surface area contributed by atoms with Crippen molar-refractivity contribution in [1.82, 2.24) is 19.1 Å². The number of hydrogen-bond donors (Lipinski definition) is 1. The molecule has 0 aliphatic carbocycles.